The summed E-state index contributed by atoms with van der Waals surface area (Å²) in [6, 6.07) is 4.47. The first-order valence-corrected chi connectivity index (χ1v) is 6.52. The largest absolute Gasteiger partial charge is 0.491 e. The maximum absolute atomic E-state index is 11.9. The van der Waals surface area contributed by atoms with Crippen molar-refractivity contribution in [2.45, 2.75) is 32.7 Å². The van der Waals surface area contributed by atoms with Gasteiger partial charge in [-0.05, 0) is 31.0 Å². The highest BCUT2D eigenvalue weighted by molar-refractivity contribution is 5.98. The normalized spacial score (nSPS) is 11.8. The summed E-state index contributed by atoms with van der Waals surface area (Å²) in [4.78, 5) is 22.6. The zero-order valence-electron chi connectivity index (χ0n) is 11.8. The molecule has 0 aliphatic carbocycles. The van der Waals surface area contributed by atoms with Crippen molar-refractivity contribution in [3.05, 3.63) is 23.8 Å². The fraction of sp³-hybridized carbons (Fsp3) is 0.429. The van der Waals surface area contributed by atoms with E-state index in [1.807, 2.05) is 26.0 Å². The summed E-state index contributed by atoms with van der Waals surface area (Å²) in [5.41, 5.74) is 12.2. The second-order valence-electron chi connectivity index (χ2n) is 4.61. The summed E-state index contributed by atoms with van der Waals surface area (Å²) in [5.74, 6) is -0.487. The molecular weight excluding hydrogens is 258 g/mol. The molecular formula is C14H21N3O3. The van der Waals surface area contributed by atoms with E-state index in [1.165, 1.54) is 0 Å². The molecule has 1 aromatic rings. The van der Waals surface area contributed by atoms with Gasteiger partial charge in [0.2, 0.25) is 11.8 Å². The van der Waals surface area contributed by atoms with E-state index in [9.17, 15) is 9.59 Å². The second kappa shape index (κ2) is 7.49. The minimum absolute atomic E-state index is 0.192. The second-order valence-corrected chi connectivity index (χ2v) is 4.61. The monoisotopic (exact) mass is 279 g/mol. The Morgan fingerprint density at radius 2 is 2.10 bits per heavy atom. The number of nitrogens with one attached hydrogen (secondary N) is 1. The third-order valence-corrected chi connectivity index (χ3v) is 2.61. The molecule has 5 N–H and O–H groups in total. The Balaban J connectivity index is 2.80. The number of benzene rings is 1. The molecule has 1 aromatic carbocycles. The number of nitrogens with two attached hydrogens (primary N) is 2. The summed E-state index contributed by atoms with van der Waals surface area (Å²) in [5, 5.41) is 2.66. The SMILES string of the molecule is CCCOc1cc(C)ccc1NC(=O)C(N)CC(N)=O. The number of aryl methyl sites for hydroxylation is 1. The molecule has 0 saturated carbocycles. The summed E-state index contributed by atoms with van der Waals surface area (Å²) in [7, 11) is 0. The number of amides is 2. The van der Waals surface area contributed by atoms with Crippen LogP contribution in [0.15, 0.2) is 18.2 Å². The number of carbonyl (C=O) groups is 2. The number of rotatable bonds is 7. The van der Waals surface area contributed by atoms with Gasteiger partial charge in [-0.1, -0.05) is 13.0 Å². The zero-order valence-corrected chi connectivity index (χ0v) is 11.8. The van der Waals surface area contributed by atoms with Crippen molar-refractivity contribution in [3.8, 4) is 5.75 Å². The molecule has 6 heteroatoms. The van der Waals surface area contributed by atoms with Crippen molar-refractivity contribution >= 4 is 17.5 Å². The van der Waals surface area contributed by atoms with Crippen LogP contribution in [0, 0.1) is 6.92 Å². The van der Waals surface area contributed by atoms with Crippen LogP contribution < -0.4 is 21.5 Å². The molecule has 0 fully saturated rings. The Morgan fingerprint density at radius 3 is 2.70 bits per heavy atom. The fourth-order valence-corrected chi connectivity index (χ4v) is 1.60. The van der Waals surface area contributed by atoms with Crippen LogP contribution in [0.3, 0.4) is 0 Å². The molecule has 0 aromatic heterocycles. The van der Waals surface area contributed by atoms with Gasteiger partial charge in [-0.15, -0.1) is 0 Å². The molecule has 0 aliphatic rings. The molecule has 0 saturated heterocycles. The Morgan fingerprint density at radius 1 is 1.40 bits per heavy atom. The number of anilines is 1. The van der Waals surface area contributed by atoms with E-state index in [4.69, 9.17) is 16.2 Å². The Hall–Kier alpha value is -2.08. The van der Waals surface area contributed by atoms with Crippen molar-refractivity contribution in [3.63, 3.8) is 0 Å². The van der Waals surface area contributed by atoms with Gasteiger partial charge >= 0.3 is 0 Å². The van der Waals surface area contributed by atoms with Gasteiger partial charge in [-0.25, -0.2) is 0 Å². The highest BCUT2D eigenvalue weighted by atomic mass is 16.5. The minimum atomic E-state index is -0.965. The van der Waals surface area contributed by atoms with Gasteiger partial charge in [-0.2, -0.15) is 0 Å². The fourth-order valence-electron chi connectivity index (χ4n) is 1.60. The van der Waals surface area contributed by atoms with Gasteiger partial charge in [0, 0.05) is 0 Å². The van der Waals surface area contributed by atoms with E-state index < -0.39 is 17.9 Å². The van der Waals surface area contributed by atoms with Gasteiger partial charge in [0.05, 0.1) is 24.8 Å². The first-order valence-electron chi connectivity index (χ1n) is 6.52. The molecule has 0 bridgehead atoms. The van der Waals surface area contributed by atoms with Gasteiger partial charge in [-0.3, -0.25) is 9.59 Å². The third-order valence-electron chi connectivity index (χ3n) is 2.61. The van der Waals surface area contributed by atoms with Crippen molar-refractivity contribution < 1.29 is 14.3 Å². The Kier molecular flexibility index (Phi) is 5.99. The van der Waals surface area contributed by atoms with Crippen molar-refractivity contribution in [2.75, 3.05) is 11.9 Å². The van der Waals surface area contributed by atoms with Crippen LogP contribution >= 0.6 is 0 Å². The highest BCUT2D eigenvalue weighted by Crippen LogP contribution is 2.26. The van der Waals surface area contributed by atoms with Crippen molar-refractivity contribution in [2.24, 2.45) is 11.5 Å². The molecule has 0 radical (unpaired) electrons. The van der Waals surface area contributed by atoms with E-state index in [2.05, 4.69) is 5.32 Å². The lowest BCUT2D eigenvalue weighted by Crippen LogP contribution is -2.39. The highest BCUT2D eigenvalue weighted by Gasteiger charge is 2.17. The predicted octanol–water partition coefficient (Wildman–Crippen LogP) is 0.925. The number of carbonyl (C=O) groups excluding carboxylic acids is 2. The van der Waals surface area contributed by atoms with Gasteiger partial charge in [0.15, 0.2) is 0 Å². The van der Waals surface area contributed by atoms with Gasteiger partial charge in [0.25, 0.3) is 0 Å². The maximum Gasteiger partial charge on any atom is 0.241 e. The van der Waals surface area contributed by atoms with Crippen LogP contribution in [0.2, 0.25) is 0 Å². The van der Waals surface area contributed by atoms with Crippen LogP contribution in [-0.2, 0) is 9.59 Å². The molecule has 20 heavy (non-hydrogen) atoms. The molecule has 1 atom stereocenters. The molecule has 0 aliphatic heterocycles. The number of primary amides is 1. The minimum Gasteiger partial charge on any atom is -0.491 e. The molecule has 1 unspecified atom stereocenters. The van der Waals surface area contributed by atoms with Crippen molar-refractivity contribution in [1.82, 2.24) is 0 Å². The smallest absolute Gasteiger partial charge is 0.241 e. The average molecular weight is 279 g/mol. The van der Waals surface area contributed by atoms with E-state index >= 15 is 0 Å². The van der Waals surface area contributed by atoms with E-state index in [-0.39, 0.29) is 6.42 Å². The van der Waals surface area contributed by atoms with Gasteiger partial charge in [0.1, 0.15) is 5.75 Å². The third kappa shape index (κ3) is 4.89. The number of hydrogen-bond donors (Lipinski definition) is 3. The predicted molar refractivity (Wildman–Crippen MR) is 77.4 cm³/mol. The summed E-state index contributed by atoms with van der Waals surface area (Å²) in [6.45, 7) is 4.49. The van der Waals surface area contributed by atoms with E-state index in [1.54, 1.807) is 6.07 Å². The topological polar surface area (TPSA) is 107 Å². The van der Waals surface area contributed by atoms with Crippen molar-refractivity contribution in [1.29, 1.82) is 0 Å². The van der Waals surface area contributed by atoms with Crippen LogP contribution in [0.1, 0.15) is 25.3 Å². The lowest BCUT2D eigenvalue weighted by molar-refractivity contribution is -0.123. The lowest BCUT2D eigenvalue weighted by atomic mass is 10.1. The Bertz CT molecular complexity index is 489. The van der Waals surface area contributed by atoms with Gasteiger partial charge < -0.3 is 21.5 Å². The first kappa shape index (κ1) is 16.0. The van der Waals surface area contributed by atoms with Crippen LogP contribution in [0.5, 0.6) is 5.75 Å². The molecule has 2 amide bonds. The summed E-state index contributed by atoms with van der Waals surface area (Å²) in [6.07, 6.45) is 0.672. The van der Waals surface area contributed by atoms with Crippen LogP contribution in [-0.4, -0.2) is 24.5 Å². The molecule has 110 valence electrons. The van der Waals surface area contributed by atoms with E-state index in [0.29, 0.717) is 18.0 Å². The first-order chi connectivity index (χ1) is 9.43. The molecule has 6 nitrogen and oxygen atoms in total. The van der Waals surface area contributed by atoms with E-state index in [0.717, 1.165) is 12.0 Å². The average Bonchev–Trinajstić information content (AvgIpc) is 2.38. The Labute approximate surface area is 118 Å². The number of hydrogen-bond acceptors (Lipinski definition) is 4. The number of ether oxygens (including phenoxy) is 1. The molecule has 0 heterocycles. The quantitative estimate of drug-likeness (QED) is 0.689. The van der Waals surface area contributed by atoms with Crippen LogP contribution in [0.25, 0.3) is 0 Å². The zero-order chi connectivity index (χ0) is 15.1. The summed E-state index contributed by atoms with van der Waals surface area (Å²) < 4.78 is 5.58. The maximum atomic E-state index is 11.9. The molecule has 0 spiro atoms. The van der Waals surface area contributed by atoms with Crippen LogP contribution in [0.4, 0.5) is 5.69 Å². The lowest BCUT2D eigenvalue weighted by Gasteiger charge is -2.15. The standard InChI is InChI=1S/C14H21N3O3/c1-3-6-20-12-7-9(2)4-5-11(12)17-14(19)10(15)8-13(16)18/h4-5,7,10H,3,6,8,15H2,1-2H3,(H2,16,18)(H,17,19). The molecule has 1 rings (SSSR count). The summed E-state index contributed by atoms with van der Waals surface area (Å²) >= 11 is 0.